The summed E-state index contributed by atoms with van der Waals surface area (Å²) in [5.41, 5.74) is 0. The van der Waals surface area contributed by atoms with E-state index in [1.165, 1.54) is 11.1 Å². The van der Waals surface area contributed by atoms with Crippen LogP contribution in [-0.2, 0) is 6.42 Å². The summed E-state index contributed by atoms with van der Waals surface area (Å²) >= 11 is 7.47. The van der Waals surface area contributed by atoms with Crippen LogP contribution < -0.4 is 5.32 Å². The summed E-state index contributed by atoms with van der Waals surface area (Å²) in [7, 11) is 0. The first-order chi connectivity index (χ1) is 7.34. The molecule has 0 aliphatic rings. The van der Waals surface area contributed by atoms with Crippen LogP contribution in [0.4, 0.5) is 5.82 Å². The minimum Gasteiger partial charge on any atom is -0.368 e. The predicted molar refractivity (Wildman–Crippen MR) is 63.6 cm³/mol. The van der Waals surface area contributed by atoms with E-state index in [4.69, 9.17) is 11.6 Å². The number of hydrogen-bond donors (Lipinski definition) is 1. The minimum atomic E-state index is 0.413. The van der Waals surface area contributed by atoms with Gasteiger partial charge in [-0.25, -0.2) is 4.98 Å². The zero-order chi connectivity index (χ0) is 10.5. The highest BCUT2D eigenvalue weighted by Crippen LogP contribution is 2.10. The Hall–Kier alpha value is -1.13. The molecule has 15 heavy (non-hydrogen) atoms. The van der Waals surface area contributed by atoms with Crippen molar-refractivity contribution in [3.05, 3.63) is 39.9 Å². The third-order valence-corrected chi connectivity index (χ3v) is 2.98. The SMILES string of the molecule is Clc1cncc(NCCc2cccs2)n1. The zero-order valence-electron chi connectivity index (χ0n) is 7.98. The molecule has 0 unspecified atom stereocenters. The number of thiophene rings is 1. The van der Waals surface area contributed by atoms with Gasteiger partial charge in [-0.2, -0.15) is 0 Å². The largest absolute Gasteiger partial charge is 0.368 e. The quantitative estimate of drug-likeness (QED) is 0.892. The second kappa shape index (κ2) is 5.09. The van der Waals surface area contributed by atoms with E-state index >= 15 is 0 Å². The number of nitrogens with zero attached hydrogens (tertiary/aromatic N) is 2. The number of hydrogen-bond acceptors (Lipinski definition) is 4. The lowest BCUT2D eigenvalue weighted by atomic mass is 10.3. The lowest BCUT2D eigenvalue weighted by Gasteiger charge is -2.03. The van der Waals surface area contributed by atoms with Crippen LogP contribution in [0.15, 0.2) is 29.9 Å². The van der Waals surface area contributed by atoms with Crippen molar-refractivity contribution in [2.75, 3.05) is 11.9 Å². The lowest BCUT2D eigenvalue weighted by molar-refractivity contribution is 1.02. The fourth-order valence-corrected chi connectivity index (χ4v) is 2.05. The Balaban J connectivity index is 1.83. The van der Waals surface area contributed by atoms with Gasteiger partial charge in [-0.15, -0.1) is 11.3 Å². The third-order valence-electron chi connectivity index (χ3n) is 1.86. The number of anilines is 1. The molecule has 0 saturated carbocycles. The fraction of sp³-hybridized carbons (Fsp3) is 0.200. The average Bonchev–Trinajstić information content (AvgIpc) is 2.71. The molecular weight excluding hydrogens is 230 g/mol. The van der Waals surface area contributed by atoms with Gasteiger partial charge in [-0.1, -0.05) is 17.7 Å². The summed E-state index contributed by atoms with van der Waals surface area (Å²) < 4.78 is 0. The van der Waals surface area contributed by atoms with E-state index in [1.807, 2.05) is 0 Å². The molecule has 0 saturated heterocycles. The molecule has 2 aromatic heterocycles. The summed E-state index contributed by atoms with van der Waals surface area (Å²) in [4.78, 5) is 9.39. The Labute approximate surface area is 97.2 Å². The van der Waals surface area contributed by atoms with E-state index in [2.05, 4.69) is 32.8 Å². The number of rotatable bonds is 4. The van der Waals surface area contributed by atoms with Crippen LogP contribution in [0.2, 0.25) is 5.15 Å². The molecule has 0 bridgehead atoms. The maximum Gasteiger partial charge on any atom is 0.149 e. The number of nitrogens with one attached hydrogen (secondary N) is 1. The molecule has 78 valence electrons. The maximum atomic E-state index is 5.71. The van der Waals surface area contributed by atoms with Crippen LogP contribution in [0, 0.1) is 0 Å². The Kier molecular flexibility index (Phi) is 3.53. The van der Waals surface area contributed by atoms with Crippen LogP contribution in [0.5, 0.6) is 0 Å². The molecule has 0 spiro atoms. The van der Waals surface area contributed by atoms with E-state index in [9.17, 15) is 0 Å². The summed E-state index contributed by atoms with van der Waals surface area (Å²) in [5, 5.41) is 5.66. The second-order valence-electron chi connectivity index (χ2n) is 2.98. The van der Waals surface area contributed by atoms with Crippen molar-refractivity contribution in [2.45, 2.75) is 6.42 Å². The summed E-state index contributed by atoms with van der Waals surface area (Å²) in [6.07, 6.45) is 4.18. The molecule has 0 atom stereocenters. The molecular formula is C10H10ClN3S. The Morgan fingerprint density at radius 2 is 2.33 bits per heavy atom. The lowest BCUT2D eigenvalue weighted by Crippen LogP contribution is -2.05. The van der Waals surface area contributed by atoms with Gasteiger partial charge >= 0.3 is 0 Å². The molecule has 2 heterocycles. The van der Waals surface area contributed by atoms with E-state index in [-0.39, 0.29) is 0 Å². The molecule has 0 aliphatic heterocycles. The molecule has 0 fully saturated rings. The first kappa shape index (κ1) is 10.4. The first-order valence-electron chi connectivity index (χ1n) is 4.58. The van der Waals surface area contributed by atoms with Gasteiger partial charge in [-0.3, -0.25) is 4.98 Å². The van der Waals surface area contributed by atoms with Crippen molar-refractivity contribution in [1.82, 2.24) is 9.97 Å². The van der Waals surface area contributed by atoms with Crippen LogP contribution in [0.1, 0.15) is 4.88 Å². The number of aromatic nitrogens is 2. The Bertz CT molecular complexity index is 416. The van der Waals surface area contributed by atoms with Gasteiger partial charge in [0, 0.05) is 11.4 Å². The highest BCUT2D eigenvalue weighted by molar-refractivity contribution is 7.09. The van der Waals surface area contributed by atoms with Crippen LogP contribution in [0.25, 0.3) is 0 Å². The molecule has 0 aliphatic carbocycles. The molecule has 5 heteroatoms. The molecule has 0 amide bonds. The van der Waals surface area contributed by atoms with Gasteiger partial charge in [-0.05, 0) is 17.9 Å². The third kappa shape index (κ3) is 3.18. The van der Waals surface area contributed by atoms with Crippen LogP contribution >= 0.6 is 22.9 Å². The summed E-state index contributed by atoms with van der Waals surface area (Å²) in [5.74, 6) is 0.721. The fourth-order valence-electron chi connectivity index (χ4n) is 1.20. The van der Waals surface area contributed by atoms with Gasteiger partial charge in [0.25, 0.3) is 0 Å². The maximum absolute atomic E-state index is 5.71. The molecule has 1 N–H and O–H groups in total. The number of halogens is 1. The molecule has 3 nitrogen and oxygen atoms in total. The van der Waals surface area contributed by atoms with Crippen molar-refractivity contribution in [3.8, 4) is 0 Å². The van der Waals surface area contributed by atoms with Gasteiger partial charge < -0.3 is 5.32 Å². The summed E-state index contributed by atoms with van der Waals surface area (Å²) in [6, 6.07) is 4.18. The van der Waals surface area contributed by atoms with E-state index in [0.717, 1.165) is 18.8 Å². The predicted octanol–water partition coefficient (Wildman–Crippen LogP) is 2.85. The van der Waals surface area contributed by atoms with E-state index < -0.39 is 0 Å². The monoisotopic (exact) mass is 239 g/mol. The Morgan fingerprint density at radius 3 is 3.07 bits per heavy atom. The molecule has 2 aromatic rings. The van der Waals surface area contributed by atoms with Crippen molar-refractivity contribution < 1.29 is 0 Å². The van der Waals surface area contributed by atoms with E-state index in [0.29, 0.717) is 5.15 Å². The van der Waals surface area contributed by atoms with Crippen molar-refractivity contribution in [2.24, 2.45) is 0 Å². The highest BCUT2D eigenvalue weighted by atomic mass is 35.5. The zero-order valence-corrected chi connectivity index (χ0v) is 9.55. The van der Waals surface area contributed by atoms with Crippen molar-refractivity contribution in [1.29, 1.82) is 0 Å². The van der Waals surface area contributed by atoms with Gasteiger partial charge in [0.2, 0.25) is 0 Å². The summed E-state index contributed by atoms with van der Waals surface area (Å²) in [6.45, 7) is 0.843. The molecule has 2 rings (SSSR count). The van der Waals surface area contributed by atoms with E-state index in [1.54, 1.807) is 17.5 Å². The smallest absolute Gasteiger partial charge is 0.149 e. The standard InChI is InChI=1S/C10H10ClN3S/c11-9-6-12-7-10(14-9)13-4-3-8-2-1-5-15-8/h1-2,5-7H,3-4H2,(H,13,14). The molecule has 0 radical (unpaired) electrons. The highest BCUT2D eigenvalue weighted by Gasteiger charge is 1.96. The minimum absolute atomic E-state index is 0.413. The van der Waals surface area contributed by atoms with Gasteiger partial charge in [0.05, 0.1) is 12.4 Å². The average molecular weight is 240 g/mol. The van der Waals surface area contributed by atoms with Crippen LogP contribution in [-0.4, -0.2) is 16.5 Å². The van der Waals surface area contributed by atoms with Crippen molar-refractivity contribution in [3.63, 3.8) is 0 Å². The topological polar surface area (TPSA) is 37.8 Å². The second-order valence-corrected chi connectivity index (χ2v) is 4.40. The van der Waals surface area contributed by atoms with Crippen molar-refractivity contribution >= 4 is 28.8 Å². The van der Waals surface area contributed by atoms with Gasteiger partial charge in [0.1, 0.15) is 11.0 Å². The Morgan fingerprint density at radius 1 is 1.40 bits per heavy atom. The van der Waals surface area contributed by atoms with Gasteiger partial charge in [0.15, 0.2) is 0 Å². The molecule has 0 aromatic carbocycles. The normalized spacial score (nSPS) is 10.2. The first-order valence-corrected chi connectivity index (χ1v) is 5.84. The van der Waals surface area contributed by atoms with Crippen LogP contribution in [0.3, 0.4) is 0 Å².